The standard InChI is InChI=1S/C9H6FN2/c10-9-3-1-7(2-4-9)8-5-11-12-6-8/h1-5H,(H,11,12). The van der Waals surface area contributed by atoms with Crippen LogP contribution in [0, 0.1) is 12.0 Å². The van der Waals surface area contributed by atoms with Gasteiger partial charge in [-0.05, 0) is 17.7 Å². The summed E-state index contributed by atoms with van der Waals surface area (Å²) < 4.78 is 12.5. The number of H-pyrrole nitrogens is 1. The first-order chi connectivity index (χ1) is 5.86. The van der Waals surface area contributed by atoms with Gasteiger partial charge in [-0.15, -0.1) is 0 Å². The second kappa shape index (κ2) is 2.77. The van der Waals surface area contributed by atoms with Crippen LogP contribution in [-0.2, 0) is 0 Å². The van der Waals surface area contributed by atoms with Gasteiger partial charge < -0.3 is 0 Å². The van der Waals surface area contributed by atoms with E-state index in [9.17, 15) is 4.39 Å². The second-order valence-corrected chi connectivity index (χ2v) is 2.42. The highest BCUT2D eigenvalue weighted by molar-refractivity contribution is 5.60. The molecule has 2 nitrogen and oxygen atoms in total. The second-order valence-electron chi connectivity index (χ2n) is 2.42. The third-order valence-electron chi connectivity index (χ3n) is 1.61. The zero-order chi connectivity index (χ0) is 8.39. The number of rotatable bonds is 1. The highest BCUT2D eigenvalue weighted by Gasteiger charge is 1.97. The number of benzene rings is 1. The first-order valence-corrected chi connectivity index (χ1v) is 3.53. The SMILES string of the molecule is Fc1ccc(-c2[c]n[nH]c2)cc1. The Morgan fingerprint density at radius 2 is 2.00 bits per heavy atom. The maximum absolute atomic E-state index is 12.5. The Kier molecular flexibility index (Phi) is 1.63. The number of nitrogens with zero attached hydrogens (tertiary/aromatic N) is 1. The van der Waals surface area contributed by atoms with Gasteiger partial charge in [-0.2, -0.15) is 5.10 Å². The molecule has 1 N–H and O–H groups in total. The van der Waals surface area contributed by atoms with Crippen LogP contribution in [0.3, 0.4) is 0 Å². The molecule has 0 aliphatic heterocycles. The van der Waals surface area contributed by atoms with Gasteiger partial charge in [0.15, 0.2) is 0 Å². The van der Waals surface area contributed by atoms with Crippen molar-refractivity contribution in [3.8, 4) is 11.1 Å². The van der Waals surface area contributed by atoms with Crippen LogP contribution < -0.4 is 0 Å². The number of halogens is 1. The van der Waals surface area contributed by atoms with E-state index in [2.05, 4.69) is 16.4 Å². The van der Waals surface area contributed by atoms with Crippen LogP contribution in [0.2, 0.25) is 0 Å². The number of hydrogen-bond acceptors (Lipinski definition) is 1. The molecule has 1 heterocycles. The Labute approximate surface area is 69.1 Å². The van der Waals surface area contributed by atoms with Crippen molar-refractivity contribution in [3.05, 3.63) is 42.5 Å². The highest BCUT2D eigenvalue weighted by atomic mass is 19.1. The first-order valence-electron chi connectivity index (χ1n) is 3.53. The predicted molar refractivity (Wildman–Crippen MR) is 42.8 cm³/mol. The van der Waals surface area contributed by atoms with Crippen LogP contribution in [-0.4, -0.2) is 10.2 Å². The van der Waals surface area contributed by atoms with Crippen LogP contribution in [0.15, 0.2) is 30.5 Å². The fraction of sp³-hybridized carbons (Fsp3) is 0. The van der Waals surface area contributed by atoms with Gasteiger partial charge in [-0.1, -0.05) is 12.1 Å². The van der Waals surface area contributed by atoms with Crippen molar-refractivity contribution in [2.75, 3.05) is 0 Å². The van der Waals surface area contributed by atoms with Crippen LogP contribution in [0.1, 0.15) is 0 Å². The van der Waals surface area contributed by atoms with Crippen molar-refractivity contribution < 1.29 is 4.39 Å². The van der Waals surface area contributed by atoms with E-state index in [1.807, 2.05) is 0 Å². The Morgan fingerprint density at radius 1 is 1.25 bits per heavy atom. The van der Waals surface area contributed by atoms with Crippen LogP contribution >= 0.6 is 0 Å². The quantitative estimate of drug-likeness (QED) is 0.681. The zero-order valence-corrected chi connectivity index (χ0v) is 6.21. The van der Waals surface area contributed by atoms with E-state index in [0.717, 1.165) is 11.1 Å². The van der Waals surface area contributed by atoms with E-state index in [1.54, 1.807) is 18.3 Å². The molecule has 2 rings (SSSR count). The average Bonchev–Trinajstić information content (AvgIpc) is 2.58. The van der Waals surface area contributed by atoms with Crippen molar-refractivity contribution in [3.63, 3.8) is 0 Å². The van der Waals surface area contributed by atoms with E-state index >= 15 is 0 Å². The minimum Gasteiger partial charge on any atom is -0.284 e. The predicted octanol–water partition coefficient (Wildman–Crippen LogP) is 2.02. The zero-order valence-electron chi connectivity index (χ0n) is 6.21. The summed E-state index contributed by atoms with van der Waals surface area (Å²) >= 11 is 0. The molecule has 0 unspecified atom stereocenters. The van der Waals surface area contributed by atoms with Crippen LogP contribution in [0.5, 0.6) is 0 Å². The summed E-state index contributed by atoms with van der Waals surface area (Å²) in [7, 11) is 0. The van der Waals surface area contributed by atoms with Gasteiger partial charge >= 0.3 is 0 Å². The van der Waals surface area contributed by atoms with Gasteiger partial charge in [0.2, 0.25) is 0 Å². The molecule has 12 heavy (non-hydrogen) atoms. The van der Waals surface area contributed by atoms with Crippen molar-refractivity contribution in [1.82, 2.24) is 10.2 Å². The minimum absolute atomic E-state index is 0.234. The molecule has 0 bridgehead atoms. The van der Waals surface area contributed by atoms with Gasteiger partial charge in [0.25, 0.3) is 0 Å². The third kappa shape index (κ3) is 1.21. The van der Waals surface area contributed by atoms with Crippen LogP contribution in [0.4, 0.5) is 4.39 Å². The Bertz CT molecular complexity index is 351. The molecule has 0 amide bonds. The van der Waals surface area contributed by atoms with Crippen LogP contribution in [0.25, 0.3) is 11.1 Å². The first kappa shape index (κ1) is 7.03. The molecular weight excluding hydrogens is 155 g/mol. The molecule has 1 aromatic heterocycles. The molecule has 1 radical (unpaired) electrons. The van der Waals surface area contributed by atoms with Gasteiger partial charge in [0.1, 0.15) is 12.0 Å². The lowest BCUT2D eigenvalue weighted by atomic mass is 10.1. The molecule has 0 spiro atoms. The summed E-state index contributed by atoms with van der Waals surface area (Å²) in [6.45, 7) is 0. The number of hydrogen-bond donors (Lipinski definition) is 1. The molecule has 0 fully saturated rings. The topological polar surface area (TPSA) is 28.7 Å². The molecule has 59 valence electrons. The van der Waals surface area contributed by atoms with E-state index in [-0.39, 0.29) is 5.82 Å². The Morgan fingerprint density at radius 3 is 2.58 bits per heavy atom. The summed E-state index contributed by atoms with van der Waals surface area (Å²) in [6.07, 6.45) is 4.46. The molecular formula is C9H6FN2. The van der Waals surface area contributed by atoms with E-state index in [1.165, 1.54) is 12.1 Å². The van der Waals surface area contributed by atoms with E-state index in [0.29, 0.717) is 0 Å². The molecule has 0 aliphatic rings. The maximum atomic E-state index is 12.5. The molecule has 2 aromatic rings. The third-order valence-corrected chi connectivity index (χ3v) is 1.61. The van der Waals surface area contributed by atoms with Gasteiger partial charge in [0.05, 0.1) is 0 Å². The van der Waals surface area contributed by atoms with Crippen molar-refractivity contribution in [2.24, 2.45) is 0 Å². The summed E-state index contributed by atoms with van der Waals surface area (Å²) in [5, 5.41) is 6.32. The maximum Gasteiger partial charge on any atom is 0.123 e. The fourth-order valence-corrected chi connectivity index (χ4v) is 0.999. The average molecular weight is 161 g/mol. The lowest BCUT2D eigenvalue weighted by Crippen LogP contribution is -1.75. The molecule has 0 saturated heterocycles. The summed E-state index contributed by atoms with van der Waals surface area (Å²) in [5.74, 6) is -0.234. The number of nitrogens with one attached hydrogen (secondary N) is 1. The van der Waals surface area contributed by atoms with Gasteiger partial charge in [0, 0.05) is 11.8 Å². The van der Waals surface area contributed by atoms with Crippen molar-refractivity contribution in [2.45, 2.75) is 0 Å². The lowest BCUT2D eigenvalue weighted by molar-refractivity contribution is 0.628. The smallest absolute Gasteiger partial charge is 0.123 e. The van der Waals surface area contributed by atoms with Gasteiger partial charge in [-0.25, -0.2) is 4.39 Å². The molecule has 0 atom stereocenters. The lowest BCUT2D eigenvalue weighted by Gasteiger charge is -1.93. The monoisotopic (exact) mass is 161 g/mol. The fourth-order valence-electron chi connectivity index (χ4n) is 0.999. The summed E-state index contributed by atoms with van der Waals surface area (Å²) in [6, 6.07) is 6.21. The van der Waals surface area contributed by atoms with Gasteiger partial charge in [-0.3, -0.25) is 5.10 Å². The highest BCUT2D eigenvalue weighted by Crippen LogP contribution is 2.16. The largest absolute Gasteiger partial charge is 0.284 e. The Hall–Kier alpha value is -1.64. The molecule has 1 aromatic carbocycles. The summed E-state index contributed by atoms with van der Waals surface area (Å²) in [5.41, 5.74) is 1.75. The Balaban J connectivity index is 2.43. The molecule has 3 heteroatoms. The number of aromatic nitrogens is 2. The molecule has 0 aliphatic carbocycles. The molecule has 0 saturated carbocycles. The van der Waals surface area contributed by atoms with E-state index < -0.39 is 0 Å². The van der Waals surface area contributed by atoms with Crippen molar-refractivity contribution >= 4 is 0 Å². The normalized spacial score (nSPS) is 10.1. The minimum atomic E-state index is -0.234. The summed E-state index contributed by atoms with van der Waals surface area (Å²) in [4.78, 5) is 0. The van der Waals surface area contributed by atoms with E-state index in [4.69, 9.17) is 0 Å². The number of aromatic amines is 1. The van der Waals surface area contributed by atoms with Crippen molar-refractivity contribution in [1.29, 1.82) is 0 Å².